The highest BCUT2D eigenvalue weighted by molar-refractivity contribution is 5.28. The Morgan fingerprint density at radius 2 is 1.85 bits per heavy atom. The third-order valence-corrected chi connectivity index (χ3v) is 3.37. The summed E-state index contributed by atoms with van der Waals surface area (Å²) in [5, 5.41) is 7.22. The van der Waals surface area contributed by atoms with E-state index >= 15 is 0 Å². The number of aromatic amines is 1. The summed E-state index contributed by atoms with van der Waals surface area (Å²) < 4.78 is 0. The lowest BCUT2D eigenvalue weighted by molar-refractivity contribution is 0.590. The van der Waals surface area contributed by atoms with Crippen LogP contribution >= 0.6 is 0 Å². The van der Waals surface area contributed by atoms with Gasteiger partial charge < -0.3 is 5.73 Å². The molecule has 0 aliphatic carbocycles. The molecule has 108 valence electrons. The highest BCUT2D eigenvalue weighted by Gasteiger charge is 2.13. The normalized spacial score (nSPS) is 11.8. The summed E-state index contributed by atoms with van der Waals surface area (Å²) >= 11 is 0. The predicted molar refractivity (Wildman–Crippen MR) is 81.7 cm³/mol. The summed E-state index contributed by atoms with van der Waals surface area (Å²) in [5.74, 6) is 1.78. The molecule has 3 N–H and O–H groups in total. The number of hydrogen-bond acceptors (Lipinski definition) is 3. The van der Waals surface area contributed by atoms with Crippen LogP contribution in [0.2, 0.25) is 0 Å². The molecule has 1 aromatic heterocycles. The van der Waals surface area contributed by atoms with Crippen LogP contribution in [0.1, 0.15) is 50.0 Å². The second kappa shape index (κ2) is 6.18. The lowest BCUT2D eigenvalue weighted by Gasteiger charge is -2.19. The van der Waals surface area contributed by atoms with Crippen molar-refractivity contribution in [2.75, 3.05) is 6.54 Å². The maximum absolute atomic E-state index is 5.49. The van der Waals surface area contributed by atoms with E-state index < -0.39 is 0 Å². The van der Waals surface area contributed by atoms with Gasteiger partial charge in [0.15, 0.2) is 5.82 Å². The number of nitrogens with two attached hydrogens (primary N) is 1. The van der Waals surface area contributed by atoms with E-state index in [0.717, 1.165) is 30.9 Å². The Bertz CT molecular complexity index is 534. The molecule has 0 spiro atoms. The zero-order chi connectivity index (χ0) is 14.6. The highest BCUT2D eigenvalue weighted by atomic mass is 15.2. The van der Waals surface area contributed by atoms with Crippen LogP contribution in [0, 0.1) is 0 Å². The number of rotatable bonds is 5. The van der Waals surface area contributed by atoms with Crippen LogP contribution in [-0.4, -0.2) is 21.7 Å². The minimum Gasteiger partial charge on any atom is -0.330 e. The average molecular weight is 272 g/mol. The molecule has 0 aliphatic heterocycles. The fourth-order valence-corrected chi connectivity index (χ4v) is 2.10. The largest absolute Gasteiger partial charge is 0.330 e. The van der Waals surface area contributed by atoms with Gasteiger partial charge in [0.05, 0.1) is 0 Å². The lowest BCUT2D eigenvalue weighted by Crippen LogP contribution is -2.10. The summed E-state index contributed by atoms with van der Waals surface area (Å²) in [6, 6.07) is 8.73. The molecule has 0 amide bonds. The fraction of sp³-hybridized carbons (Fsp3) is 0.500. The Labute approximate surface area is 120 Å². The van der Waals surface area contributed by atoms with Gasteiger partial charge in [0.25, 0.3) is 0 Å². The van der Waals surface area contributed by atoms with Crippen molar-refractivity contribution in [3.63, 3.8) is 0 Å². The van der Waals surface area contributed by atoms with Crippen LogP contribution in [0.5, 0.6) is 0 Å². The third kappa shape index (κ3) is 3.90. The molecule has 0 saturated carbocycles. The Morgan fingerprint density at radius 1 is 1.15 bits per heavy atom. The standard InChI is InChI=1S/C16H24N4/c1-16(2,3)13-8-6-12(7-9-13)11-15-18-14(19-20-15)5-4-10-17/h6-9H,4-5,10-11,17H2,1-3H3,(H,18,19,20). The number of H-pyrrole nitrogens is 1. The van der Waals surface area contributed by atoms with Crippen LogP contribution in [0.3, 0.4) is 0 Å². The number of benzene rings is 1. The minimum absolute atomic E-state index is 0.195. The molecule has 4 heteroatoms. The van der Waals surface area contributed by atoms with Crippen molar-refractivity contribution in [2.24, 2.45) is 5.73 Å². The second-order valence-corrected chi connectivity index (χ2v) is 6.21. The quantitative estimate of drug-likeness (QED) is 0.879. The molecule has 0 unspecified atom stereocenters. The summed E-state index contributed by atoms with van der Waals surface area (Å²) in [4.78, 5) is 4.49. The molecule has 1 aromatic carbocycles. The van der Waals surface area contributed by atoms with E-state index in [1.54, 1.807) is 0 Å². The summed E-state index contributed by atoms with van der Waals surface area (Å²) in [7, 11) is 0. The SMILES string of the molecule is CC(C)(C)c1ccc(Cc2nc(CCCN)n[nH]2)cc1. The van der Waals surface area contributed by atoms with Gasteiger partial charge in [-0.2, -0.15) is 5.10 Å². The van der Waals surface area contributed by atoms with Gasteiger partial charge in [-0.05, 0) is 29.5 Å². The van der Waals surface area contributed by atoms with Gasteiger partial charge in [-0.15, -0.1) is 0 Å². The molecule has 0 aliphatic rings. The first-order chi connectivity index (χ1) is 9.49. The number of hydrogen-bond donors (Lipinski definition) is 2. The molecule has 20 heavy (non-hydrogen) atoms. The molecule has 0 radical (unpaired) electrons. The minimum atomic E-state index is 0.195. The predicted octanol–water partition coefficient (Wildman–Crippen LogP) is 2.58. The molecule has 0 fully saturated rings. The second-order valence-electron chi connectivity index (χ2n) is 6.21. The first-order valence-electron chi connectivity index (χ1n) is 7.18. The highest BCUT2D eigenvalue weighted by Crippen LogP contribution is 2.22. The van der Waals surface area contributed by atoms with Gasteiger partial charge >= 0.3 is 0 Å². The molecule has 0 bridgehead atoms. The Balaban J connectivity index is 2.01. The van der Waals surface area contributed by atoms with Crippen molar-refractivity contribution >= 4 is 0 Å². The Hall–Kier alpha value is -1.68. The average Bonchev–Trinajstić information content (AvgIpc) is 2.83. The van der Waals surface area contributed by atoms with Gasteiger partial charge in [-0.3, -0.25) is 5.10 Å². The Kier molecular flexibility index (Phi) is 4.55. The number of nitrogens with one attached hydrogen (secondary N) is 1. The Morgan fingerprint density at radius 3 is 2.45 bits per heavy atom. The molecule has 2 aromatic rings. The van der Waals surface area contributed by atoms with Crippen molar-refractivity contribution in [1.29, 1.82) is 0 Å². The fourth-order valence-electron chi connectivity index (χ4n) is 2.10. The van der Waals surface area contributed by atoms with E-state index in [2.05, 4.69) is 60.2 Å². The van der Waals surface area contributed by atoms with Crippen molar-refractivity contribution < 1.29 is 0 Å². The van der Waals surface area contributed by atoms with Gasteiger partial charge in [-0.25, -0.2) is 4.98 Å². The first kappa shape index (κ1) is 14.7. The van der Waals surface area contributed by atoms with Gasteiger partial charge in [0, 0.05) is 12.8 Å². The summed E-state index contributed by atoms with van der Waals surface area (Å²) in [6.07, 6.45) is 2.56. The molecule has 2 rings (SSSR count). The summed E-state index contributed by atoms with van der Waals surface area (Å²) in [6.45, 7) is 7.35. The van der Waals surface area contributed by atoms with E-state index in [-0.39, 0.29) is 5.41 Å². The van der Waals surface area contributed by atoms with Gasteiger partial charge in [-0.1, -0.05) is 45.0 Å². The van der Waals surface area contributed by atoms with Crippen molar-refractivity contribution in [3.8, 4) is 0 Å². The van der Waals surface area contributed by atoms with Crippen LogP contribution in [0.15, 0.2) is 24.3 Å². The summed E-state index contributed by atoms with van der Waals surface area (Å²) in [5.41, 5.74) is 8.28. The van der Waals surface area contributed by atoms with E-state index in [4.69, 9.17) is 5.73 Å². The van der Waals surface area contributed by atoms with Crippen LogP contribution in [0.25, 0.3) is 0 Å². The molecular weight excluding hydrogens is 248 g/mol. The topological polar surface area (TPSA) is 67.6 Å². The van der Waals surface area contributed by atoms with E-state index in [1.165, 1.54) is 11.1 Å². The first-order valence-corrected chi connectivity index (χ1v) is 7.18. The number of aromatic nitrogens is 3. The maximum atomic E-state index is 5.49. The van der Waals surface area contributed by atoms with Gasteiger partial charge in [0.1, 0.15) is 5.82 Å². The van der Waals surface area contributed by atoms with E-state index in [0.29, 0.717) is 6.54 Å². The number of nitrogens with zero attached hydrogens (tertiary/aromatic N) is 2. The molecular formula is C16H24N4. The lowest BCUT2D eigenvalue weighted by atomic mass is 9.86. The number of aryl methyl sites for hydroxylation is 1. The molecule has 0 saturated heterocycles. The zero-order valence-electron chi connectivity index (χ0n) is 12.6. The maximum Gasteiger partial charge on any atom is 0.150 e. The molecule has 4 nitrogen and oxygen atoms in total. The third-order valence-electron chi connectivity index (χ3n) is 3.37. The van der Waals surface area contributed by atoms with Crippen LogP contribution in [-0.2, 0) is 18.3 Å². The van der Waals surface area contributed by atoms with E-state index in [1.807, 2.05) is 0 Å². The van der Waals surface area contributed by atoms with Crippen molar-refractivity contribution in [1.82, 2.24) is 15.2 Å². The van der Waals surface area contributed by atoms with Crippen molar-refractivity contribution in [2.45, 2.75) is 45.4 Å². The zero-order valence-corrected chi connectivity index (χ0v) is 12.6. The van der Waals surface area contributed by atoms with E-state index in [9.17, 15) is 0 Å². The van der Waals surface area contributed by atoms with Crippen molar-refractivity contribution in [3.05, 3.63) is 47.0 Å². The van der Waals surface area contributed by atoms with Crippen LogP contribution in [0.4, 0.5) is 0 Å². The van der Waals surface area contributed by atoms with Gasteiger partial charge in [0.2, 0.25) is 0 Å². The monoisotopic (exact) mass is 272 g/mol. The van der Waals surface area contributed by atoms with Crippen LogP contribution < -0.4 is 5.73 Å². The molecule has 0 atom stereocenters. The smallest absolute Gasteiger partial charge is 0.150 e. The molecule has 1 heterocycles.